The highest BCUT2D eigenvalue weighted by molar-refractivity contribution is 6.27. The maximum atomic E-state index is 5.01. The van der Waals surface area contributed by atoms with Crippen LogP contribution in [-0.4, -0.2) is 27.7 Å². The maximum Gasteiger partial charge on any atom is 0.131 e. The normalized spacial score (nSPS) is 11.3. The number of benzene rings is 9. The van der Waals surface area contributed by atoms with Gasteiger partial charge in [-0.05, 0) is 97.1 Å². The van der Waals surface area contributed by atoms with Crippen molar-refractivity contribution in [1.82, 2.24) is 19.3 Å². The van der Waals surface area contributed by atoms with Gasteiger partial charge in [-0.2, -0.15) is 5.10 Å². The quantitative estimate of drug-likeness (QED) is 0.136. The highest BCUT2D eigenvalue weighted by Gasteiger charge is 2.28. The zero-order valence-corrected chi connectivity index (χ0v) is 35.4. The number of fused-ring (bicyclic) bond motifs is 6. The lowest BCUT2D eigenvalue weighted by Gasteiger charge is -2.26. The van der Waals surface area contributed by atoms with Crippen molar-refractivity contribution in [3.63, 3.8) is 0 Å². The Morgan fingerprint density at radius 3 is 1.45 bits per heavy atom. The van der Waals surface area contributed by atoms with E-state index in [1.165, 1.54) is 0 Å². The molecule has 12 aromatic rings. The molecule has 0 spiro atoms. The Labute approximate surface area is 379 Å². The van der Waals surface area contributed by atoms with Gasteiger partial charge in [0, 0.05) is 86.4 Å². The van der Waals surface area contributed by atoms with E-state index in [1.807, 2.05) is 6.20 Å². The summed E-state index contributed by atoms with van der Waals surface area (Å²) in [7, 11) is 0. The molecule has 7 heteroatoms. The van der Waals surface area contributed by atoms with Gasteiger partial charge in [0.15, 0.2) is 0 Å². The van der Waals surface area contributed by atoms with Crippen LogP contribution in [0.2, 0.25) is 0 Å². The van der Waals surface area contributed by atoms with Crippen molar-refractivity contribution in [3.05, 3.63) is 243 Å². The SMILES string of the molecule is [B].c1ccc(N(c2ccccc2)c2cccc(-n3c4ccccc4c4c5c(-c6nncc7ccccc67)cc(N(c6ccccc6)c6ccccc6)cc5n(-c5ccccc5)c43)c2)cc1. The van der Waals surface area contributed by atoms with Gasteiger partial charge < -0.3 is 9.80 Å². The number of para-hydroxylation sites is 6. The number of anilines is 6. The number of hydrogen-bond acceptors (Lipinski definition) is 4. The molecule has 305 valence electrons. The van der Waals surface area contributed by atoms with Crippen LogP contribution < -0.4 is 9.80 Å². The van der Waals surface area contributed by atoms with Gasteiger partial charge in [-0.25, -0.2) is 0 Å². The summed E-state index contributed by atoms with van der Waals surface area (Å²) in [6.45, 7) is 0. The van der Waals surface area contributed by atoms with E-state index in [4.69, 9.17) is 5.10 Å². The molecular weight excluding hydrogens is 791 g/mol. The molecule has 6 nitrogen and oxygen atoms in total. The third-order valence-electron chi connectivity index (χ3n) is 12.2. The molecule has 0 aliphatic heterocycles. The first-order chi connectivity index (χ1) is 31.8. The molecule has 0 saturated heterocycles. The van der Waals surface area contributed by atoms with Crippen LogP contribution in [-0.2, 0) is 0 Å². The molecule has 0 aliphatic carbocycles. The van der Waals surface area contributed by atoms with E-state index in [1.54, 1.807) is 0 Å². The smallest absolute Gasteiger partial charge is 0.131 e. The Balaban J connectivity index is 0.00000469. The molecule has 12 rings (SSSR count). The van der Waals surface area contributed by atoms with E-state index in [0.29, 0.717) is 0 Å². The molecule has 0 saturated carbocycles. The third kappa shape index (κ3) is 6.69. The summed E-state index contributed by atoms with van der Waals surface area (Å²) in [6.07, 6.45) is 1.86. The van der Waals surface area contributed by atoms with Gasteiger partial charge in [0.25, 0.3) is 0 Å². The topological polar surface area (TPSA) is 42.1 Å². The molecule has 65 heavy (non-hydrogen) atoms. The summed E-state index contributed by atoms with van der Waals surface area (Å²) in [4.78, 5) is 4.66. The Bertz CT molecular complexity index is 3530. The van der Waals surface area contributed by atoms with E-state index in [2.05, 4.69) is 261 Å². The Morgan fingerprint density at radius 1 is 0.354 bits per heavy atom. The van der Waals surface area contributed by atoms with Crippen LogP contribution in [0.1, 0.15) is 0 Å². The van der Waals surface area contributed by atoms with Gasteiger partial charge in [-0.15, -0.1) is 5.10 Å². The second-order valence-electron chi connectivity index (χ2n) is 15.9. The first-order valence-corrected chi connectivity index (χ1v) is 21.6. The maximum absolute atomic E-state index is 5.01. The first-order valence-electron chi connectivity index (χ1n) is 21.6. The Morgan fingerprint density at radius 2 is 0.831 bits per heavy atom. The predicted molar refractivity (Wildman–Crippen MR) is 271 cm³/mol. The molecule has 0 fully saturated rings. The van der Waals surface area contributed by atoms with Crippen molar-refractivity contribution in [2.24, 2.45) is 0 Å². The molecule has 0 amide bonds. The average molecular weight is 832 g/mol. The fourth-order valence-corrected chi connectivity index (χ4v) is 9.47. The lowest BCUT2D eigenvalue weighted by molar-refractivity contribution is 1.06. The monoisotopic (exact) mass is 831 g/mol. The Kier molecular flexibility index (Phi) is 9.98. The number of hydrogen-bond donors (Lipinski definition) is 0. The lowest BCUT2D eigenvalue weighted by Crippen LogP contribution is -2.11. The molecule has 0 unspecified atom stereocenters. The second kappa shape index (κ2) is 16.6. The van der Waals surface area contributed by atoms with Gasteiger partial charge in [0.05, 0.1) is 17.2 Å². The molecule has 0 aliphatic rings. The van der Waals surface area contributed by atoms with Crippen LogP contribution in [0, 0.1) is 0 Å². The summed E-state index contributed by atoms with van der Waals surface area (Å²) < 4.78 is 4.89. The van der Waals surface area contributed by atoms with Crippen molar-refractivity contribution in [2.45, 2.75) is 0 Å². The summed E-state index contributed by atoms with van der Waals surface area (Å²) in [5.41, 5.74) is 13.5. The highest BCUT2D eigenvalue weighted by Crippen LogP contribution is 2.49. The zero-order chi connectivity index (χ0) is 42.4. The van der Waals surface area contributed by atoms with E-state index in [0.717, 1.165) is 100 Å². The molecule has 9 aromatic carbocycles. The lowest BCUT2D eigenvalue weighted by atomic mass is 9.98. The number of nitrogens with zero attached hydrogens (tertiary/aromatic N) is 6. The summed E-state index contributed by atoms with van der Waals surface area (Å²) in [6, 6.07) is 84.0. The minimum atomic E-state index is 0. The van der Waals surface area contributed by atoms with Crippen molar-refractivity contribution < 1.29 is 0 Å². The van der Waals surface area contributed by atoms with Gasteiger partial charge >= 0.3 is 0 Å². The average Bonchev–Trinajstić information content (AvgIpc) is 3.88. The fraction of sp³-hybridized carbons (Fsp3) is 0. The van der Waals surface area contributed by atoms with Crippen LogP contribution >= 0.6 is 0 Å². The summed E-state index contributed by atoms with van der Waals surface area (Å²) in [5, 5.41) is 15.1. The van der Waals surface area contributed by atoms with Crippen LogP contribution in [0.15, 0.2) is 243 Å². The Hall–Kier alpha value is -8.68. The molecular formula is C58H40BN6. The van der Waals surface area contributed by atoms with E-state index in [-0.39, 0.29) is 8.41 Å². The van der Waals surface area contributed by atoms with Gasteiger partial charge in [0.2, 0.25) is 0 Å². The number of rotatable bonds is 9. The molecule has 0 bridgehead atoms. The van der Waals surface area contributed by atoms with Crippen LogP contribution in [0.3, 0.4) is 0 Å². The highest BCUT2D eigenvalue weighted by atomic mass is 15.2. The summed E-state index contributed by atoms with van der Waals surface area (Å²) in [5.74, 6) is 0. The zero-order valence-electron chi connectivity index (χ0n) is 35.4. The van der Waals surface area contributed by atoms with E-state index in [9.17, 15) is 0 Å². The first kappa shape index (κ1) is 39.2. The minimum Gasteiger partial charge on any atom is -0.310 e. The van der Waals surface area contributed by atoms with Crippen LogP contribution in [0.25, 0.3) is 66.2 Å². The fourth-order valence-electron chi connectivity index (χ4n) is 9.47. The van der Waals surface area contributed by atoms with E-state index < -0.39 is 0 Å². The van der Waals surface area contributed by atoms with Crippen molar-refractivity contribution >= 4 is 86.1 Å². The third-order valence-corrected chi connectivity index (χ3v) is 12.2. The number of aromatic nitrogens is 4. The standard InChI is InChI=1S/C58H40N6.B/c1-6-22-42(23-7-1)61(43-24-8-2-9-25-43)47-32-20-33-48(37-47)64-53-36-19-18-35-51(53)56-55-52(57-50-34-17-16-21-41(50)40-59-60-57)38-49(39-54(55)63(58(56)64)46-30-14-5-15-31-46)62(44-26-10-3-11-27-44)45-28-12-4-13-29-45;/h1-40H;. The largest absolute Gasteiger partial charge is 0.310 e. The minimum absolute atomic E-state index is 0. The van der Waals surface area contributed by atoms with Gasteiger partial charge in [-0.1, -0.05) is 140 Å². The van der Waals surface area contributed by atoms with Crippen LogP contribution in [0.4, 0.5) is 34.1 Å². The van der Waals surface area contributed by atoms with Crippen molar-refractivity contribution in [1.29, 1.82) is 0 Å². The summed E-state index contributed by atoms with van der Waals surface area (Å²) >= 11 is 0. The van der Waals surface area contributed by atoms with Crippen molar-refractivity contribution in [3.8, 4) is 22.6 Å². The second-order valence-corrected chi connectivity index (χ2v) is 15.9. The molecule has 3 aromatic heterocycles. The molecule has 3 radical (unpaired) electrons. The van der Waals surface area contributed by atoms with Gasteiger partial charge in [0.1, 0.15) is 11.3 Å². The molecule has 0 N–H and O–H groups in total. The van der Waals surface area contributed by atoms with Crippen LogP contribution in [0.5, 0.6) is 0 Å². The van der Waals surface area contributed by atoms with Crippen molar-refractivity contribution in [2.75, 3.05) is 9.80 Å². The molecule has 3 heterocycles. The predicted octanol–water partition coefficient (Wildman–Crippen LogP) is 14.9. The van der Waals surface area contributed by atoms with E-state index >= 15 is 0 Å². The molecule has 0 atom stereocenters. The van der Waals surface area contributed by atoms with Gasteiger partial charge in [-0.3, -0.25) is 9.13 Å².